The first-order chi connectivity index (χ1) is 15.0. The number of anilines is 1. The van der Waals surface area contributed by atoms with Gasteiger partial charge in [-0.25, -0.2) is 9.37 Å². The van der Waals surface area contributed by atoms with E-state index in [1.165, 1.54) is 12.1 Å². The van der Waals surface area contributed by atoms with Crippen molar-refractivity contribution in [1.82, 2.24) is 14.9 Å². The van der Waals surface area contributed by atoms with Crippen LogP contribution in [0.3, 0.4) is 0 Å². The fourth-order valence-corrected chi connectivity index (χ4v) is 3.56. The van der Waals surface area contributed by atoms with E-state index in [1.807, 2.05) is 19.1 Å². The van der Waals surface area contributed by atoms with Crippen LogP contribution in [0.4, 0.5) is 10.1 Å². The molecular weight excluding hydrogens is 419 g/mol. The number of aromatic nitrogens is 2. The normalized spacial score (nSPS) is 13.9. The maximum atomic E-state index is 13.1. The Hall–Kier alpha value is -3.19. The van der Waals surface area contributed by atoms with Gasteiger partial charge in [0, 0.05) is 54.2 Å². The third-order valence-electron chi connectivity index (χ3n) is 5.10. The first kappa shape index (κ1) is 21.1. The predicted molar refractivity (Wildman–Crippen MR) is 118 cm³/mol. The smallest absolute Gasteiger partial charge is 0.260 e. The Morgan fingerprint density at radius 3 is 2.39 bits per heavy atom. The number of rotatable bonds is 5. The molecule has 1 aliphatic heterocycles. The van der Waals surface area contributed by atoms with Crippen molar-refractivity contribution in [2.24, 2.45) is 0 Å². The zero-order valence-corrected chi connectivity index (χ0v) is 17.8. The lowest BCUT2D eigenvalue weighted by Gasteiger charge is -2.36. The van der Waals surface area contributed by atoms with Crippen LogP contribution in [0, 0.1) is 12.7 Å². The van der Waals surface area contributed by atoms with Crippen molar-refractivity contribution >= 4 is 23.2 Å². The summed E-state index contributed by atoms with van der Waals surface area (Å²) >= 11 is 5.94. The van der Waals surface area contributed by atoms with Crippen molar-refractivity contribution in [3.63, 3.8) is 0 Å². The van der Waals surface area contributed by atoms with Crippen molar-refractivity contribution in [1.29, 1.82) is 0 Å². The molecule has 1 aromatic heterocycles. The number of ether oxygens (including phenoxy) is 1. The summed E-state index contributed by atoms with van der Waals surface area (Å²) in [6.07, 6.45) is 0. The number of halogens is 2. The van der Waals surface area contributed by atoms with Crippen molar-refractivity contribution in [2.45, 2.75) is 6.92 Å². The highest BCUT2D eigenvalue weighted by molar-refractivity contribution is 6.30. The zero-order chi connectivity index (χ0) is 21.8. The minimum atomic E-state index is -0.256. The van der Waals surface area contributed by atoms with Crippen LogP contribution in [-0.4, -0.2) is 53.6 Å². The topological polar surface area (TPSA) is 58.6 Å². The van der Waals surface area contributed by atoms with Gasteiger partial charge < -0.3 is 14.5 Å². The lowest BCUT2D eigenvalue weighted by atomic mass is 10.2. The van der Waals surface area contributed by atoms with Gasteiger partial charge in [0.05, 0.1) is 0 Å². The molecule has 3 aromatic rings. The predicted octanol–water partition coefficient (Wildman–Crippen LogP) is 3.97. The molecule has 0 spiro atoms. The van der Waals surface area contributed by atoms with Gasteiger partial charge in [-0.3, -0.25) is 4.79 Å². The molecule has 2 heterocycles. The van der Waals surface area contributed by atoms with Crippen LogP contribution in [0.1, 0.15) is 5.69 Å². The lowest BCUT2D eigenvalue weighted by molar-refractivity contribution is -0.133. The SMILES string of the molecule is Cc1cc(OCC(=O)N2CCN(c3ccc(F)cc3)CC2)nc(-c2ccc(Cl)cc2)n1. The number of hydrogen-bond donors (Lipinski definition) is 0. The van der Waals surface area contributed by atoms with E-state index in [2.05, 4.69) is 14.9 Å². The fraction of sp³-hybridized carbons (Fsp3) is 0.261. The van der Waals surface area contributed by atoms with Gasteiger partial charge in [-0.05, 0) is 55.5 Å². The summed E-state index contributed by atoms with van der Waals surface area (Å²) in [6, 6.07) is 15.3. The van der Waals surface area contributed by atoms with Gasteiger partial charge in [-0.15, -0.1) is 0 Å². The second kappa shape index (κ2) is 9.31. The summed E-state index contributed by atoms with van der Waals surface area (Å²) in [5.74, 6) is 0.528. The van der Waals surface area contributed by atoms with Crippen LogP contribution in [-0.2, 0) is 4.79 Å². The molecule has 2 aromatic carbocycles. The Morgan fingerprint density at radius 1 is 1.03 bits per heavy atom. The lowest BCUT2D eigenvalue weighted by Crippen LogP contribution is -2.50. The third kappa shape index (κ3) is 5.30. The van der Waals surface area contributed by atoms with E-state index in [1.54, 1.807) is 35.2 Å². The molecule has 160 valence electrons. The first-order valence-electron chi connectivity index (χ1n) is 10.0. The van der Waals surface area contributed by atoms with Crippen LogP contribution in [0.15, 0.2) is 54.6 Å². The average Bonchev–Trinajstić information content (AvgIpc) is 2.78. The number of amides is 1. The number of carbonyl (C=O) groups excluding carboxylic acids is 1. The number of nitrogens with zero attached hydrogens (tertiary/aromatic N) is 4. The number of hydrogen-bond acceptors (Lipinski definition) is 5. The number of aryl methyl sites for hydroxylation is 1. The molecular formula is C23H22ClFN4O2. The maximum Gasteiger partial charge on any atom is 0.260 e. The monoisotopic (exact) mass is 440 g/mol. The largest absolute Gasteiger partial charge is 0.467 e. The standard InChI is InChI=1S/C23H22ClFN4O2/c1-16-14-21(27-23(26-16)17-2-4-18(24)5-3-17)31-15-22(30)29-12-10-28(11-13-29)20-8-6-19(25)7-9-20/h2-9,14H,10-13,15H2,1H3. The zero-order valence-electron chi connectivity index (χ0n) is 17.1. The van der Waals surface area contributed by atoms with Crippen molar-refractivity contribution in [2.75, 3.05) is 37.7 Å². The van der Waals surface area contributed by atoms with Gasteiger partial charge in [0.2, 0.25) is 5.88 Å². The number of piperazine rings is 1. The number of carbonyl (C=O) groups is 1. The molecule has 6 nitrogen and oxygen atoms in total. The Balaban J connectivity index is 1.34. The summed E-state index contributed by atoms with van der Waals surface area (Å²) in [5.41, 5.74) is 2.52. The van der Waals surface area contributed by atoms with Gasteiger partial charge in [-0.1, -0.05) is 11.6 Å². The molecule has 4 rings (SSSR count). The molecule has 0 saturated carbocycles. The highest BCUT2D eigenvalue weighted by Crippen LogP contribution is 2.21. The van der Waals surface area contributed by atoms with E-state index < -0.39 is 0 Å². The third-order valence-corrected chi connectivity index (χ3v) is 5.35. The average molecular weight is 441 g/mol. The Morgan fingerprint density at radius 2 is 1.71 bits per heavy atom. The molecule has 0 bridgehead atoms. The fourth-order valence-electron chi connectivity index (χ4n) is 3.43. The molecule has 1 fully saturated rings. The van der Waals surface area contributed by atoms with Crippen molar-refractivity contribution < 1.29 is 13.9 Å². The highest BCUT2D eigenvalue weighted by Gasteiger charge is 2.22. The van der Waals surface area contributed by atoms with E-state index >= 15 is 0 Å². The minimum absolute atomic E-state index is 0.0902. The van der Waals surface area contributed by atoms with Crippen LogP contribution < -0.4 is 9.64 Å². The molecule has 0 N–H and O–H groups in total. The summed E-state index contributed by atoms with van der Waals surface area (Å²) in [5, 5.41) is 0.637. The molecule has 1 amide bonds. The van der Waals surface area contributed by atoms with Crippen LogP contribution in [0.25, 0.3) is 11.4 Å². The summed E-state index contributed by atoms with van der Waals surface area (Å²) in [7, 11) is 0. The molecule has 0 atom stereocenters. The van der Waals surface area contributed by atoms with E-state index in [4.69, 9.17) is 16.3 Å². The molecule has 8 heteroatoms. The Kier molecular flexibility index (Phi) is 6.32. The summed E-state index contributed by atoms with van der Waals surface area (Å²) < 4.78 is 18.8. The van der Waals surface area contributed by atoms with E-state index in [0.717, 1.165) is 16.9 Å². The van der Waals surface area contributed by atoms with E-state index in [0.29, 0.717) is 42.9 Å². The highest BCUT2D eigenvalue weighted by atomic mass is 35.5. The van der Waals surface area contributed by atoms with Gasteiger partial charge in [0.25, 0.3) is 5.91 Å². The van der Waals surface area contributed by atoms with E-state index in [9.17, 15) is 9.18 Å². The van der Waals surface area contributed by atoms with Crippen LogP contribution in [0.2, 0.25) is 5.02 Å². The summed E-state index contributed by atoms with van der Waals surface area (Å²) in [4.78, 5) is 25.4. The molecule has 0 unspecified atom stereocenters. The maximum absolute atomic E-state index is 13.1. The molecule has 0 aliphatic carbocycles. The minimum Gasteiger partial charge on any atom is -0.467 e. The number of benzene rings is 2. The molecule has 1 saturated heterocycles. The second-order valence-electron chi connectivity index (χ2n) is 7.31. The first-order valence-corrected chi connectivity index (χ1v) is 10.4. The molecule has 1 aliphatic rings. The van der Waals surface area contributed by atoms with Gasteiger partial charge >= 0.3 is 0 Å². The second-order valence-corrected chi connectivity index (χ2v) is 7.75. The Bertz CT molecular complexity index is 1050. The van der Waals surface area contributed by atoms with Gasteiger partial charge in [0.1, 0.15) is 5.82 Å². The molecule has 31 heavy (non-hydrogen) atoms. The quantitative estimate of drug-likeness (QED) is 0.600. The van der Waals surface area contributed by atoms with E-state index in [-0.39, 0.29) is 18.3 Å². The van der Waals surface area contributed by atoms with Gasteiger partial charge in [-0.2, -0.15) is 4.98 Å². The van der Waals surface area contributed by atoms with Crippen LogP contribution in [0.5, 0.6) is 5.88 Å². The van der Waals surface area contributed by atoms with Crippen molar-refractivity contribution in [3.05, 3.63) is 71.1 Å². The van der Waals surface area contributed by atoms with Crippen LogP contribution >= 0.6 is 11.6 Å². The van der Waals surface area contributed by atoms with Gasteiger partial charge in [0.15, 0.2) is 12.4 Å². The van der Waals surface area contributed by atoms with Crippen molar-refractivity contribution in [3.8, 4) is 17.3 Å². The Labute approximate surface area is 185 Å². The molecule has 0 radical (unpaired) electrons. The summed E-state index contributed by atoms with van der Waals surface area (Å²) in [6.45, 7) is 4.30.